The maximum Gasteiger partial charge on any atom is 0.418 e. The first-order valence-electron chi connectivity index (χ1n) is 9.00. The van der Waals surface area contributed by atoms with Crippen molar-refractivity contribution < 1.29 is 32.6 Å². The molecule has 3 aromatic rings. The number of aromatic carboxylic acids is 1. The molecule has 1 amide bonds. The summed E-state index contributed by atoms with van der Waals surface area (Å²) >= 11 is 0. The number of methoxy groups -OCH3 is 1. The van der Waals surface area contributed by atoms with Crippen molar-refractivity contribution in [1.82, 2.24) is 4.57 Å². The number of hydrogen-bond donors (Lipinski definition) is 2. The van der Waals surface area contributed by atoms with E-state index < -0.39 is 23.6 Å². The first kappa shape index (κ1) is 23.5. The summed E-state index contributed by atoms with van der Waals surface area (Å²) in [5.41, 5.74) is 5.36. The van der Waals surface area contributed by atoms with E-state index >= 15 is 0 Å². The maximum absolute atomic E-state index is 13.0. The Morgan fingerprint density at radius 3 is 2.19 bits per heavy atom. The highest BCUT2D eigenvalue weighted by Gasteiger charge is 2.34. The number of hydrogen-bond acceptors (Lipinski definition) is 3. The van der Waals surface area contributed by atoms with Gasteiger partial charge >= 0.3 is 12.1 Å². The van der Waals surface area contributed by atoms with E-state index in [1.54, 1.807) is 38.3 Å². The number of benzene rings is 2. The van der Waals surface area contributed by atoms with E-state index in [-0.39, 0.29) is 16.9 Å². The number of alkyl halides is 3. The molecule has 31 heavy (non-hydrogen) atoms. The number of ether oxygens (including phenoxy) is 1. The molecule has 164 valence electrons. The lowest BCUT2D eigenvalue weighted by molar-refractivity contribution is -0.137. The van der Waals surface area contributed by atoms with E-state index in [1.807, 2.05) is 0 Å². The molecule has 0 saturated heterocycles. The zero-order valence-corrected chi connectivity index (χ0v) is 17.0. The molecule has 0 aliphatic rings. The first-order chi connectivity index (χ1) is 14.5. The number of carboxylic acids is 1. The Morgan fingerprint density at radius 1 is 1.03 bits per heavy atom. The molecule has 3 N–H and O–H groups in total. The predicted octanol–water partition coefficient (Wildman–Crippen LogP) is 4.61. The zero-order valence-electron chi connectivity index (χ0n) is 17.0. The van der Waals surface area contributed by atoms with E-state index in [4.69, 9.17) is 15.6 Å². The summed E-state index contributed by atoms with van der Waals surface area (Å²) in [6, 6.07) is 13.2. The molecule has 0 fully saturated rings. The Balaban J connectivity index is 0.000000262. The van der Waals surface area contributed by atoms with Crippen molar-refractivity contribution in [1.29, 1.82) is 0 Å². The zero-order chi connectivity index (χ0) is 23.3. The van der Waals surface area contributed by atoms with Crippen LogP contribution in [0.4, 0.5) is 13.2 Å². The quantitative estimate of drug-likeness (QED) is 0.627. The number of halogens is 3. The second kappa shape index (κ2) is 9.38. The molecular weight excluding hydrogens is 413 g/mol. The van der Waals surface area contributed by atoms with E-state index in [2.05, 4.69) is 0 Å². The van der Waals surface area contributed by atoms with Gasteiger partial charge in [0.1, 0.15) is 5.75 Å². The van der Waals surface area contributed by atoms with Crippen molar-refractivity contribution >= 4 is 11.9 Å². The SMILES string of the molecule is COc1cccc(C(N)=O)c1.Cc1cc(C(=O)O)c(C)n1-c1ccccc1C(F)(F)F. The van der Waals surface area contributed by atoms with Gasteiger partial charge in [0.2, 0.25) is 5.91 Å². The van der Waals surface area contributed by atoms with Crippen LogP contribution in [0.3, 0.4) is 0 Å². The van der Waals surface area contributed by atoms with Gasteiger partial charge in [-0.05, 0) is 50.2 Å². The summed E-state index contributed by atoms with van der Waals surface area (Å²) in [4.78, 5) is 21.7. The summed E-state index contributed by atoms with van der Waals surface area (Å²) in [6.07, 6.45) is -4.50. The van der Waals surface area contributed by atoms with Gasteiger partial charge in [-0.2, -0.15) is 13.2 Å². The molecule has 0 bridgehead atoms. The number of rotatable bonds is 4. The number of amides is 1. The van der Waals surface area contributed by atoms with Gasteiger partial charge in [0, 0.05) is 17.0 Å². The van der Waals surface area contributed by atoms with Crippen LogP contribution in [0, 0.1) is 13.8 Å². The van der Waals surface area contributed by atoms with Crippen molar-refractivity contribution in [3.8, 4) is 11.4 Å². The molecular formula is C22H21F3N2O4. The van der Waals surface area contributed by atoms with Crippen LogP contribution in [0.15, 0.2) is 54.6 Å². The summed E-state index contributed by atoms with van der Waals surface area (Å²) in [6.45, 7) is 3.07. The topological polar surface area (TPSA) is 94.6 Å². The number of nitrogens with zero attached hydrogens (tertiary/aromatic N) is 1. The Hall–Kier alpha value is -3.75. The summed E-state index contributed by atoms with van der Waals surface area (Å²) < 4.78 is 45.3. The van der Waals surface area contributed by atoms with Gasteiger partial charge in [0.15, 0.2) is 0 Å². The van der Waals surface area contributed by atoms with Gasteiger partial charge in [-0.1, -0.05) is 18.2 Å². The Kier molecular flexibility index (Phi) is 7.12. The molecule has 0 saturated carbocycles. The number of carboxylic acid groups (broad SMARTS) is 1. The molecule has 1 aromatic heterocycles. The van der Waals surface area contributed by atoms with Crippen LogP contribution in [0.2, 0.25) is 0 Å². The van der Waals surface area contributed by atoms with Crippen molar-refractivity contribution in [3.05, 3.63) is 82.7 Å². The smallest absolute Gasteiger partial charge is 0.418 e. The lowest BCUT2D eigenvalue weighted by Crippen LogP contribution is -2.12. The molecule has 6 nitrogen and oxygen atoms in total. The minimum Gasteiger partial charge on any atom is -0.497 e. The van der Waals surface area contributed by atoms with Crippen LogP contribution in [-0.2, 0) is 6.18 Å². The molecule has 1 heterocycles. The number of para-hydroxylation sites is 1. The van der Waals surface area contributed by atoms with Gasteiger partial charge < -0.3 is 20.1 Å². The second-order valence-corrected chi connectivity index (χ2v) is 6.54. The lowest BCUT2D eigenvalue weighted by Gasteiger charge is -2.16. The third-order valence-electron chi connectivity index (χ3n) is 4.47. The van der Waals surface area contributed by atoms with E-state index in [1.165, 1.54) is 35.8 Å². The number of primary amides is 1. The fraction of sp³-hybridized carbons (Fsp3) is 0.182. The monoisotopic (exact) mass is 434 g/mol. The molecule has 0 unspecified atom stereocenters. The summed E-state index contributed by atoms with van der Waals surface area (Å²) in [5, 5.41) is 9.04. The summed E-state index contributed by atoms with van der Waals surface area (Å²) in [5.74, 6) is -0.959. The van der Waals surface area contributed by atoms with Crippen LogP contribution in [0.25, 0.3) is 5.69 Å². The highest BCUT2D eigenvalue weighted by Crippen LogP contribution is 2.35. The molecule has 9 heteroatoms. The van der Waals surface area contributed by atoms with Gasteiger partial charge in [-0.3, -0.25) is 4.79 Å². The fourth-order valence-corrected chi connectivity index (χ4v) is 3.03. The first-order valence-corrected chi connectivity index (χ1v) is 9.00. The number of carbonyl (C=O) groups is 2. The third kappa shape index (κ3) is 5.44. The molecule has 0 aliphatic heterocycles. The van der Waals surface area contributed by atoms with Crippen LogP contribution in [0.1, 0.15) is 37.7 Å². The highest BCUT2D eigenvalue weighted by atomic mass is 19.4. The maximum atomic E-state index is 13.0. The van der Waals surface area contributed by atoms with E-state index in [9.17, 15) is 22.8 Å². The van der Waals surface area contributed by atoms with Crippen LogP contribution in [-0.4, -0.2) is 28.7 Å². The van der Waals surface area contributed by atoms with Crippen LogP contribution >= 0.6 is 0 Å². The van der Waals surface area contributed by atoms with Gasteiger partial charge in [0.25, 0.3) is 0 Å². The second-order valence-electron chi connectivity index (χ2n) is 6.54. The molecule has 2 aromatic carbocycles. The summed E-state index contributed by atoms with van der Waals surface area (Å²) in [7, 11) is 1.54. The lowest BCUT2D eigenvalue weighted by atomic mass is 10.1. The molecule has 0 spiro atoms. The average Bonchev–Trinajstić information content (AvgIpc) is 3.02. The van der Waals surface area contributed by atoms with Crippen molar-refractivity contribution in [3.63, 3.8) is 0 Å². The van der Waals surface area contributed by atoms with Gasteiger partial charge in [-0.15, -0.1) is 0 Å². The number of aromatic nitrogens is 1. The molecule has 3 rings (SSSR count). The van der Waals surface area contributed by atoms with Crippen molar-refractivity contribution in [2.75, 3.05) is 7.11 Å². The third-order valence-corrected chi connectivity index (χ3v) is 4.47. The van der Waals surface area contributed by atoms with Gasteiger partial charge in [-0.25, -0.2) is 4.79 Å². The minimum absolute atomic E-state index is 0.000484. The normalized spacial score (nSPS) is 10.8. The highest BCUT2D eigenvalue weighted by molar-refractivity contribution is 5.93. The average molecular weight is 434 g/mol. The number of nitrogens with two attached hydrogens (primary N) is 1. The Labute approximate surface area is 176 Å². The fourth-order valence-electron chi connectivity index (χ4n) is 3.03. The predicted molar refractivity (Wildman–Crippen MR) is 109 cm³/mol. The number of aryl methyl sites for hydroxylation is 1. The molecule has 0 atom stereocenters. The van der Waals surface area contributed by atoms with E-state index in [0.717, 1.165) is 6.07 Å². The number of carbonyl (C=O) groups excluding carboxylic acids is 1. The molecule has 0 aliphatic carbocycles. The Bertz CT molecular complexity index is 1100. The standard InChI is InChI=1S/C14H12F3NO2.C8H9NO2/c1-8-7-10(13(19)20)9(2)18(8)12-6-4-3-5-11(12)14(15,16)17;1-11-7-4-2-3-6(5-7)8(9)10/h3-7H,1-2H3,(H,19,20);2-5H,1H3,(H2,9,10). The van der Waals surface area contributed by atoms with Crippen molar-refractivity contribution in [2.24, 2.45) is 5.73 Å². The largest absolute Gasteiger partial charge is 0.497 e. The van der Waals surface area contributed by atoms with Crippen LogP contribution in [0.5, 0.6) is 5.75 Å². The van der Waals surface area contributed by atoms with E-state index in [0.29, 0.717) is 17.0 Å². The van der Waals surface area contributed by atoms with Crippen LogP contribution < -0.4 is 10.5 Å². The minimum atomic E-state index is -4.50. The Morgan fingerprint density at radius 2 is 1.68 bits per heavy atom. The van der Waals surface area contributed by atoms with Crippen molar-refractivity contribution in [2.45, 2.75) is 20.0 Å². The molecule has 0 radical (unpaired) electrons. The van der Waals surface area contributed by atoms with Gasteiger partial charge in [0.05, 0.1) is 23.9 Å².